The lowest BCUT2D eigenvalue weighted by atomic mass is 10.1. The lowest BCUT2D eigenvalue weighted by molar-refractivity contribution is 0.422. The fraction of sp³-hybridized carbons (Fsp3) is 0.588. The molecule has 0 spiro atoms. The Morgan fingerprint density at radius 3 is 2.67 bits per heavy atom. The van der Waals surface area contributed by atoms with Crippen LogP contribution in [0, 0.1) is 0 Å². The summed E-state index contributed by atoms with van der Waals surface area (Å²) >= 11 is 1.83. The number of hydrogen-bond donors (Lipinski definition) is 1. The fourth-order valence-electron chi connectivity index (χ4n) is 2.64. The van der Waals surface area contributed by atoms with Gasteiger partial charge in [-0.25, -0.2) is 0 Å². The molecule has 2 heterocycles. The number of thiophene rings is 1. The first kappa shape index (κ1) is 16.2. The summed E-state index contributed by atoms with van der Waals surface area (Å²) in [6.45, 7) is 7.72. The van der Waals surface area contributed by atoms with E-state index in [4.69, 9.17) is 5.10 Å². The molecule has 0 aliphatic rings. The third kappa shape index (κ3) is 4.42. The van der Waals surface area contributed by atoms with Crippen LogP contribution in [0.4, 0.5) is 0 Å². The van der Waals surface area contributed by atoms with Gasteiger partial charge in [0, 0.05) is 23.5 Å². The molecule has 4 heteroatoms. The first-order valence-electron chi connectivity index (χ1n) is 8.09. The molecule has 0 aromatic carbocycles. The number of nitrogens with one attached hydrogen (secondary N) is 1. The molecule has 1 N–H and O–H groups in total. The van der Waals surface area contributed by atoms with Crippen LogP contribution in [0.25, 0.3) is 0 Å². The van der Waals surface area contributed by atoms with Crippen LogP contribution in [0.1, 0.15) is 62.7 Å². The molecule has 3 nitrogen and oxygen atoms in total. The Balaban J connectivity index is 2.06. The quantitative estimate of drug-likeness (QED) is 0.734. The topological polar surface area (TPSA) is 29.9 Å². The second-order valence-corrected chi connectivity index (χ2v) is 6.46. The highest BCUT2D eigenvalue weighted by atomic mass is 32.1. The molecule has 21 heavy (non-hydrogen) atoms. The molecular formula is C17H27N3S. The predicted octanol–water partition coefficient (Wildman–Crippen LogP) is 4.59. The maximum absolute atomic E-state index is 4.79. The van der Waals surface area contributed by atoms with Gasteiger partial charge in [-0.05, 0) is 43.3 Å². The van der Waals surface area contributed by atoms with Gasteiger partial charge in [0.25, 0.3) is 0 Å². The van der Waals surface area contributed by atoms with Crippen molar-refractivity contribution in [2.45, 2.75) is 58.5 Å². The minimum atomic E-state index is 0.384. The molecule has 116 valence electrons. The molecule has 1 unspecified atom stereocenters. The molecule has 0 radical (unpaired) electrons. The highest BCUT2D eigenvalue weighted by molar-refractivity contribution is 7.10. The first-order chi connectivity index (χ1) is 10.3. The van der Waals surface area contributed by atoms with E-state index in [0.717, 1.165) is 32.2 Å². The summed E-state index contributed by atoms with van der Waals surface area (Å²) in [4.78, 5) is 1.40. The molecule has 2 rings (SSSR count). The third-order valence-electron chi connectivity index (χ3n) is 3.92. The number of rotatable bonds is 9. The average Bonchev–Trinajstić information content (AvgIpc) is 3.16. The van der Waals surface area contributed by atoms with Gasteiger partial charge < -0.3 is 5.32 Å². The molecule has 0 aliphatic carbocycles. The van der Waals surface area contributed by atoms with Gasteiger partial charge in [-0.1, -0.05) is 26.8 Å². The van der Waals surface area contributed by atoms with Gasteiger partial charge in [0.1, 0.15) is 0 Å². The Morgan fingerprint density at radius 1 is 1.24 bits per heavy atom. The van der Waals surface area contributed by atoms with E-state index in [0.29, 0.717) is 12.1 Å². The van der Waals surface area contributed by atoms with Crippen LogP contribution in [0.3, 0.4) is 0 Å². The maximum Gasteiger partial charge on any atom is 0.0644 e. The highest BCUT2D eigenvalue weighted by Crippen LogP contribution is 2.23. The summed E-state index contributed by atoms with van der Waals surface area (Å²) in [7, 11) is 0. The zero-order valence-corrected chi connectivity index (χ0v) is 14.2. The minimum absolute atomic E-state index is 0.384. The Kier molecular flexibility index (Phi) is 6.46. The standard InChI is InChI=1S/C17H27N3S/c1-4-10-18-16(17-8-7-12-21-17)13-14-9-11-20(19-14)15(5-2)6-3/h7-9,11-12,15-16,18H,4-6,10,13H2,1-3H3. The van der Waals surface area contributed by atoms with Crippen molar-refractivity contribution in [3.63, 3.8) is 0 Å². The normalized spacial score (nSPS) is 13.0. The Hall–Kier alpha value is -1.13. The number of hydrogen-bond acceptors (Lipinski definition) is 3. The van der Waals surface area contributed by atoms with Gasteiger partial charge in [-0.3, -0.25) is 4.68 Å². The molecule has 0 amide bonds. The number of nitrogens with zero attached hydrogens (tertiary/aromatic N) is 2. The van der Waals surface area contributed by atoms with Crippen molar-refractivity contribution in [2.24, 2.45) is 0 Å². The molecule has 2 aromatic rings. The largest absolute Gasteiger partial charge is 0.309 e. The van der Waals surface area contributed by atoms with Crippen LogP contribution in [-0.2, 0) is 6.42 Å². The van der Waals surface area contributed by atoms with E-state index in [9.17, 15) is 0 Å². The van der Waals surface area contributed by atoms with Gasteiger partial charge >= 0.3 is 0 Å². The van der Waals surface area contributed by atoms with Gasteiger partial charge in [0.15, 0.2) is 0 Å². The van der Waals surface area contributed by atoms with Crippen molar-refractivity contribution in [3.8, 4) is 0 Å². The van der Waals surface area contributed by atoms with Crippen molar-refractivity contribution in [2.75, 3.05) is 6.54 Å². The molecule has 0 bridgehead atoms. The minimum Gasteiger partial charge on any atom is -0.309 e. The lowest BCUT2D eigenvalue weighted by Gasteiger charge is -2.16. The fourth-order valence-corrected chi connectivity index (χ4v) is 3.45. The monoisotopic (exact) mass is 305 g/mol. The van der Waals surface area contributed by atoms with E-state index in [-0.39, 0.29) is 0 Å². The zero-order valence-electron chi connectivity index (χ0n) is 13.4. The molecule has 2 aromatic heterocycles. The van der Waals surface area contributed by atoms with Crippen molar-refractivity contribution in [1.82, 2.24) is 15.1 Å². The molecule has 1 atom stereocenters. The second-order valence-electron chi connectivity index (χ2n) is 5.48. The molecule has 0 saturated heterocycles. The van der Waals surface area contributed by atoms with Crippen LogP contribution in [0.5, 0.6) is 0 Å². The van der Waals surface area contributed by atoms with Gasteiger partial charge in [-0.2, -0.15) is 5.10 Å². The van der Waals surface area contributed by atoms with Crippen LogP contribution in [0.2, 0.25) is 0 Å². The maximum atomic E-state index is 4.79. The number of aromatic nitrogens is 2. The van der Waals surface area contributed by atoms with Crippen molar-refractivity contribution < 1.29 is 0 Å². The SMILES string of the molecule is CCCNC(Cc1ccn(C(CC)CC)n1)c1cccs1. The van der Waals surface area contributed by atoms with E-state index in [2.05, 4.69) is 60.5 Å². The summed E-state index contributed by atoms with van der Waals surface area (Å²) in [5.74, 6) is 0. The van der Waals surface area contributed by atoms with Crippen LogP contribution in [-0.4, -0.2) is 16.3 Å². The highest BCUT2D eigenvalue weighted by Gasteiger charge is 2.15. The first-order valence-corrected chi connectivity index (χ1v) is 8.97. The molecule has 0 saturated carbocycles. The van der Waals surface area contributed by atoms with Crippen LogP contribution < -0.4 is 5.32 Å². The van der Waals surface area contributed by atoms with Gasteiger partial charge in [0.05, 0.1) is 11.7 Å². The van der Waals surface area contributed by atoms with Gasteiger partial charge in [-0.15, -0.1) is 11.3 Å². The Labute approximate surface area is 132 Å². The van der Waals surface area contributed by atoms with Crippen LogP contribution in [0.15, 0.2) is 29.8 Å². The van der Waals surface area contributed by atoms with E-state index < -0.39 is 0 Å². The molecule has 0 fully saturated rings. The summed E-state index contributed by atoms with van der Waals surface area (Å²) in [6, 6.07) is 7.43. The average molecular weight is 305 g/mol. The van der Waals surface area contributed by atoms with Crippen LogP contribution >= 0.6 is 11.3 Å². The molecular weight excluding hydrogens is 278 g/mol. The van der Waals surface area contributed by atoms with E-state index in [1.54, 1.807) is 0 Å². The van der Waals surface area contributed by atoms with Crippen molar-refractivity contribution >= 4 is 11.3 Å². The Bertz CT molecular complexity index is 500. The third-order valence-corrected chi connectivity index (χ3v) is 4.91. The lowest BCUT2D eigenvalue weighted by Crippen LogP contribution is -2.23. The Morgan fingerprint density at radius 2 is 2.05 bits per heavy atom. The summed E-state index contributed by atoms with van der Waals surface area (Å²) in [6.07, 6.45) is 6.54. The zero-order chi connectivity index (χ0) is 15.1. The van der Waals surface area contributed by atoms with E-state index in [1.807, 2.05) is 11.3 Å². The summed E-state index contributed by atoms with van der Waals surface area (Å²) < 4.78 is 2.14. The van der Waals surface area contributed by atoms with E-state index in [1.165, 1.54) is 10.6 Å². The van der Waals surface area contributed by atoms with Gasteiger partial charge in [0.2, 0.25) is 0 Å². The van der Waals surface area contributed by atoms with E-state index >= 15 is 0 Å². The second kappa shape index (κ2) is 8.35. The smallest absolute Gasteiger partial charge is 0.0644 e. The summed E-state index contributed by atoms with van der Waals surface area (Å²) in [5, 5.41) is 10.6. The molecule has 0 aliphatic heterocycles. The van der Waals surface area contributed by atoms with Crippen molar-refractivity contribution in [3.05, 3.63) is 40.3 Å². The van der Waals surface area contributed by atoms with Crippen molar-refractivity contribution in [1.29, 1.82) is 0 Å². The summed E-state index contributed by atoms with van der Waals surface area (Å²) in [5.41, 5.74) is 1.18. The predicted molar refractivity (Wildman–Crippen MR) is 90.9 cm³/mol.